The fourth-order valence-corrected chi connectivity index (χ4v) is 2.71. The Kier molecular flexibility index (Phi) is 4.42. The normalized spacial score (nSPS) is 13.7. The first kappa shape index (κ1) is 15.9. The molecule has 2 aromatic rings. The zero-order valence-corrected chi connectivity index (χ0v) is 13.8. The molecule has 0 aliphatic carbocycles. The van der Waals surface area contributed by atoms with Gasteiger partial charge in [0.05, 0.1) is 26.9 Å². The molecule has 0 unspecified atom stereocenters. The van der Waals surface area contributed by atoms with Crippen molar-refractivity contribution in [3.05, 3.63) is 53.6 Å². The van der Waals surface area contributed by atoms with Gasteiger partial charge in [-0.05, 0) is 35.4 Å². The highest BCUT2D eigenvalue weighted by atomic mass is 16.5. The largest absolute Gasteiger partial charge is 0.497 e. The standard InChI is InChI=1S/C19H18O5/c1-21-14-7-4-12(5-8-14)18-15(11-24-19(18)20)13-6-9-16(22-2)17(10-13)23-3/h4-10H,11H2,1-3H3. The van der Waals surface area contributed by atoms with E-state index in [0.29, 0.717) is 17.1 Å². The second-order valence-electron chi connectivity index (χ2n) is 5.23. The molecule has 0 amide bonds. The van der Waals surface area contributed by atoms with Crippen molar-refractivity contribution in [3.8, 4) is 17.2 Å². The van der Waals surface area contributed by atoms with E-state index in [4.69, 9.17) is 18.9 Å². The Morgan fingerprint density at radius 1 is 0.833 bits per heavy atom. The van der Waals surface area contributed by atoms with E-state index < -0.39 is 0 Å². The summed E-state index contributed by atoms with van der Waals surface area (Å²) >= 11 is 0. The van der Waals surface area contributed by atoms with Crippen molar-refractivity contribution in [3.63, 3.8) is 0 Å². The summed E-state index contributed by atoms with van der Waals surface area (Å²) in [5.41, 5.74) is 3.04. The SMILES string of the molecule is COc1ccc(C2=C(c3ccc(OC)c(OC)c3)COC2=O)cc1. The Labute approximate surface area is 140 Å². The fourth-order valence-electron chi connectivity index (χ4n) is 2.71. The van der Waals surface area contributed by atoms with Gasteiger partial charge in [0.25, 0.3) is 0 Å². The number of hydrogen-bond acceptors (Lipinski definition) is 5. The molecule has 5 heteroatoms. The number of hydrogen-bond donors (Lipinski definition) is 0. The quantitative estimate of drug-likeness (QED) is 0.790. The monoisotopic (exact) mass is 326 g/mol. The molecule has 0 aromatic heterocycles. The number of methoxy groups -OCH3 is 3. The number of ether oxygens (including phenoxy) is 4. The number of esters is 1. The number of rotatable bonds is 5. The van der Waals surface area contributed by atoms with E-state index in [1.807, 2.05) is 42.5 Å². The minimum atomic E-state index is -0.329. The molecule has 1 aliphatic heterocycles. The van der Waals surface area contributed by atoms with E-state index in [1.165, 1.54) is 0 Å². The Morgan fingerprint density at radius 2 is 1.50 bits per heavy atom. The average Bonchev–Trinajstić information content (AvgIpc) is 3.02. The summed E-state index contributed by atoms with van der Waals surface area (Å²) in [4.78, 5) is 12.2. The second kappa shape index (κ2) is 6.66. The van der Waals surface area contributed by atoms with Gasteiger partial charge in [0.1, 0.15) is 12.4 Å². The van der Waals surface area contributed by atoms with Gasteiger partial charge in [0.15, 0.2) is 11.5 Å². The summed E-state index contributed by atoms with van der Waals surface area (Å²) in [5.74, 6) is 1.65. The van der Waals surface area contributed by atoms with E-state index in [0.717, 1.165) is 22.4 Å². The van der Waals surface area contributed by atoms with Crippen LogP contribution in [0.2, 0.25) is 0 Å². The molecular formula is C19H18O5. The highest BCUT2D eigenvalue weighted by Gasteiger charge is 2.27. The van der Waals surface area contributed by atoms with Gasteiger partial charge in [0.2, 0.25) is 0 Å². The van der Waals surface area contributed by atoms with E-state index >= 15 is 0 Å². The number of carbonyl (C=O) groups is 1. The van der Waals surface area contributed by atoms with Crippen LogP contribution in [0.25, 0.3) is 11.1 Å². The van der Waals surface area contributed by atoms with Gasteiger partial charge in [0, 0.05) is 5.57 Å². The lowest BCUT2D eigenvalue weighted by Gasteiger charge is -2.10. The van der Waals surface area contributed by atoms with Crippen LogP contribution in [-0.4, -0.2) is 33.9 Å². The van der Waals surface area contributed by atoms with Crippen LogP contribution in [-0.2, 0) is 9.53 Å². The maximum Gasteiger partial charge on any atom is 0.339 e. The molecule has 2 aromatic carbocycles. The molecule has 0 fully saturated rings. The van der Waals surface area contributed by atoms with Gasteiger partial charge in [-0.15, -0.1) is 0 Å². The van der Waals surface area contributed by atoms with Crippen LogP contribution in [0.4, 0.5) is 0 Å². The maximum atomic E-state index is 12.2. The van der Waals surface area contributed by atoms with Crippen LogP contribution in [0.15, 0.2) is 42.5 Å². The van der Waals surface area contributed by atoms with Crippen LogP contribution in [0.5, 0.6) is 17.2 Å². The summed E-state index contributed by atoms with van der Waals surface area (Å²) in [6, 6.07) is 12.9. The van der Waals surface area contributed by atoms with Crippen LogP contribution in [0.1, 0.15) is 11.1 Å². The Hall–Kier alpha value is -2.95. The molecule has 1 heterocycles. The third-order valence-corrected chi connectivity index (χ3v) is 3.96. The molecule has 5 nitrogen and oxygen atoms in total. The number of benzene rings is 2. The van der Waals surface area contributed by atoms with E-state index in [2.05, 4.69) is 0 Å². The molecular weight excluding hydrogens is 308 g/mol. The molecule has 0 radical (unpaired) electrons. The van der Waals surface area contributed by atoms with Crippen LogP contribution < -0.4 is 14.2 Å². The van der Waals surface area contributed by atoms with Crippen molar-refractivity contribution in [1.82, 2.24) is 0 Å². The van der Waals surface area contributed by atoms with Crippen LogP contribution >= 0.6 is 0 Å². The van der Waals surface area contributed by atoms with Gasteiger partial charge in [-0.25, -0.2) is 4.79 Å². The van der Waals surface area contributed by atoms with E-state index in [1.54, 1.807) is 21.3 Å². The highest BCUT2D eigenvalue weighted by Crippen LogP contribution is 2.37. The van der Waals surface area contributed by atoms with Gasteiger partial charge in [-0.2, -0.15) is 0 Å². The van der Waals surface area contributed by atoms with Crippen LogP contribution in [0.3, 0.4) is 0 Å². The van der Waals surface area contributed by atoms with Crippen molar-refractivity contribution in [2.45, 2.75) is 0 Å². The third-order valence-electron chi connectivity index (χ3n) is 3.96. The Morgan fingerprint density at radius 3 is 2.12 bits per heavy atom. The summed E-state index contributed by atoms with van der Waals surface area (Å²) < 4.78 is 21.0. The van der Waals surface area contributed by atoms with Gasteiger partial charge in [-0.3, -0.25) is 0 Å². The summed E-state index contributed by atoms with van der Waals surface area (Å²) in [6.45, 7) is 0.232. The lowest BCUT2D eigenvalue weighted by Crippen LogP contribution is -1.98. The predicted molar refractivity (Wildman–Crippen MR) is 90.3 cm³/mol. The summed E-state index contributed by atoms with van der Waals surface area (Å²) in [7, 11) is 4.77. The minimum absolute atomic E-state index is 0.232. The van der Waals surface area contributed by atoms with Crippen molar-refractivity contribution in [2.24, 2.45) is 0 Å². The Balaban J connectivity index is 2.09. The zero-order chi connectivity index (χ0) is 17.1. The molecule has 0 saturated carbocycles. The second-order valence-corrected chi connectivity index (χ2v) is 5.23. The first-order valence-electron chi connectivity index (χ1n) is 7.45. The lowest BCUT2D eigenvalue weighted by molar-refractivity contribution is -0.133. The average molecular weight is 326 g/mol. The van der Waals surface area contributed by atoms with Crippen molar-refractivity contribution in [1.29, 1.82) is 0 Å². The molecule has 0 N–H and O–H groups in total. The molecule has 0 bridgehead atoms. The van der Waals surface area contributed by atoms with Gasteiger partial charge < -0.3 is 18.9 Å². The lowest BCUT2D eigenvalue weighted by atomic mass is 9.96. The first-order valence-corrected chi connectivity index (χ1v) is 7.45. The molecule has 0 atom stereocenters. The fraction of sp³-hybridized carbons (Fsp3) is 0.211. The smallest absolute Gasteiger partial charge is 0.339 e. The van der Waals surface area contributed by atoms with Gasteiger partial charge >= 0.3 is 5.97 Å². The topological polar surface area (TPSA) is 54.0 Å². The number of cyclic esters (lactones) is 1. The third kappa shape index (κ3) is 2.80. The molecule has 0 saturated heterocycles. The molecule has 124 valence electrons. The van der Waals surface area contributed by atoms with Gasteiger partial charge in [-0.1, -0.05) is 18.2 Å². The van der Waals surface area contributed by atoms with Crippen molar-refractivity contribution >= 4 is 17.1 Å². The maximum absolute atomic E-state index is 12.2. The number of carbonyl (C=O) groups excluding carboxylic acids is 1. The zero-order valence-electron chi connectivity index (χ0n) is 13.8. The predicted octanol–water partition coefficient (Wildman–Crippen LogP) is 3.18. The van der Waals surface area contributed by atoms with Crippen molar-refractivity contribution in [2.75, 3.05) is 27.9 Å². The first-order chi connectivity index (χ1) is 11.7. The van der Waals surface area contributed by atoms with E-state index in [9.17, 15) is 4.79 Å². The molecule has 1 aliphatic rings. The van der Waals surface area contributed by atoms with Crippen LogP contribution in [0, 0.1) is 0 Å². The molecule has 24 heavy (non-hydrogen) atoms. The minimum Gasteiger partial charge on any atom is -0.497 e. The highest BCUT2D eigenvalue weighted by molar-refractivity contribution is 6.27. The Bertz CT molecular complexity index is 790. The molecule has 3 rings (SSSR count). The molecule has 0 spiro atoms. The summed E-state index contributed by atoms with van der Waals surface area (Å²) in [5, 5.41) is 0. The summed E-state index contributed by atoms with van der Waals surface area (Å²) in [6.07, 6.45) is 0. The van der Waals surface area contributed by atoms with Crippen molar-refractivity contribution < 1.29 is 23.7 Å². The van der Waals surface area contributed by atoms with E-state index in [-0.39, 0.29) is 12.6 Å².